The molecule has 0 aliphatic rings. The first-order valence-electron chi connectivity index (χ1n) is 8.25. The molecule has 0 bridgehead atoms. The average Bonchev–Trinajstić information content (AvgIpc) is 2.55. The molecule has 0 radical (unpaired) electrons. The summed E-state index contributed by atoms with van der Waals surface area (Å²) in [6, 6.07) is 5.63. The van der Waals surface area contributed by atoms with E-state index in [9.17, 15) is 4.79 Å². The fourth-order valence-electron chi connectivity index (χ4n) is 2.44. The Kier molecular flexibility index (Phi) is 6.52. The molecule has 0 saturated heterocycles. The summed E-state index contributed by atoms with van der Waals surface area (Å²) in [5.74, 6) is 5.90. The Morgan fingerprint density at radius 3 is 2.73 bits per heavy atom. The number of fused-ring (bicyclic) bond motifs is 1. The highest BCUT2D eigenvalue weighted by atomic mass is 32.2. The molecule has 1 unspecified atom stereocenters. The van der Waals surface area contributed by atoms with Gasteiger partial charge in [-0.3, -0.25) is 9.78 Å². The third-order valence-corrected chi connectivity index (χ3v) is 4.17. The fraction of sp³-hybridized carbons (Fsp3) is 0.400. The highest BCUT2D eigenvalue weighted by Crippen LogP contribution is 2.26. The van der Waals surface area contributed by atoms with E-state index in [1.807, 2.05) is 52.1 Å². The fourth-order valence-corrected chi connectivity index (χ4v) is 2.92. The molecule has 1 aromatic heterocycles. The van der Waals surface area contributed by atoms with E-state index < -0.39 is 5.44 Å². The summed E-state index contributed by atoms with van der Waals surface area (Å²) in [5.41, 5.74) is 1.56. The number of aryl methyl sites for hydroxylation is 1. The first-order chi connectivity index (χ1) is 12.2. The van der Waals surface area contributed by atoms with Crippen LogP contribution in [-0.4, -0.2) is 39.8 Å². The molecule has 26 heavy (non-hydrogen) atoms. The van der Waals surface area contributed by atoms with Crippen LogP contribution in [0.1, 0.15) is 31.9 Å². The maximum absolute atomic E-state index is 12.4. The van der Waals surface area contributed by atoms with Gasteiger partial charge in [0, 0.05) is 22.7 Å². The van der Waals surface area contributed by atoms with Gasteiger partial charge in [0.1, 0.15) is 12.4 Å². The number of nitrogens with zero attached hydrogens (tertiary/aromatic N) is 1. The lowest BCUT2D eigenvalue weighted by Crippen LogP contribution is -2.46. The van der Waals surface area contributed by atoms with Crippen molar-refractivity contribution in [1.29, 1.82) is 0 Å². The molecule has 1 atom stereocenters. The van der Waals surface area contributed by atoms with Crippen LogP contribution in [0.25, 0.3) is 10.9 Å². The lowest BCUT2D eigenvalue weighted by Gasteiger charge is -2.24. The lowest BCUT2D eigenvalue weighted by molar-refractivity contribution is -0.125. The van der Waals surface area contributed by atoms with Gasteiger partial charge in [-0.25, -0.2) is 0 Å². The van der Waals surface area contributed by atoms with Gasteiger partial charge >= 0.3 is 0 Å². The van der Waals surface area contributed by atoms with E-state index in [-0.39, 0.29) is 18.1 Å². The van der Waals surface area contributed by atoms with E-state index in [1.165, 1.54) is 11.8 Å². The minimum absolute atomic E-state index is 0.163. The van der Waals surface area contributed by atoms with Crippen molar-refractivity contribution in [3.63, 3.8) is 0 Å². The molecule has 1 aromatic carbocycles. The van der Waals surface area contributed by atoms with Gasteiger partial charge in [-0.15, -0.1) is 11.8 Å². The van der Waals surface area contributed by atoms with Crippen molar-refractivity contribution >= 4 is 28.6 Å². The summed E-state index contributed by atoms with van der Waals surface area (Å²) in [4.78, 5) is 16.8. The quantitative estimate of drug-likeness (QED) is 0.638. The maximum Gasteiger partial charge on any atom is 0.272 e. The summed E-state index contributed by atoms with van der Waals surface area (Å²) in [7, 11) is 0. The van der Waals surface area contributed by atoms with Crippen LogP contribution in [0.15, 0.2) is 24.4 Å². The number of aliphatic hydroxyl groups is 1. The smallest absolute Gasteiger partial charge is 0.272 e. The Morgan fingerprint density at radius 2 is 2.12 bits per heavy atom. The first kappa shape index (κ1) is 20.1. The molecule has 2 aromatic rings. The molecule has 6 heteroatoms. The van der Waals surface area contributed by atoms with E-state index >= 15 is 0 Å². The normalized spacial score (nSPS) is 12.2. The van der Waals surface area contributed by atoms with Crippen LogP contribution in [0.2, 0.25) is 0 Å². The molecule has 0 spiro atoms. The minimum Gasteiger partial charge on any atom is -0.470 e. The summed E-state index contributed by atoms with van der Waals surface area (Å²) in [6.07, 6.45) is 3.52. The van der Waals surface area contributed by atoms with Crippen molar-refractivity contribution in [2.75, 3.05) is 12.9 Å². The van der Waals surface area contributed by atoms with Crippen LogP contribution in [0.3, 0.4) is 0 Å². The van der Waals surface area contributed by atoms with Crippen molar-refractivity contribution in [1.82, 2.24) is 10.3 Å². The van der Waals surface area contributed by atoms with Gasteiger partial charge in [0.25, 0.3) is 5.91 Å². The van der Waals surface area contributed by atoms with Crippen LogP contribution in [0.5, 0.6) is 5.75 Å². The zero-order valence-electron chi connectivity index (χ0n) is 15.7. The molecule has 138 valence electrons. The van der Waals surface area contributed by atoms with Crippen LogP contribution >= 0.6 is 11.8 Å². The molecular weight excluding hydrogens is 348 g/mol. The summed E-state index contributed by atoms with van der Waals surface area (Å²) < 4.78 is 5.93. The van der Waals surface area contributed by atoms with Crippen LogP contribution in [0, 0.1) is 18.8 Å². The second-order valence-electron chi connectivity index (χ2n) is 6.92. The molecule has 5 nitrogen and oxygen atoms in total. The number of amides is 1. The van der Waals surface area contributed by atoms with Gasteiger partial charge < -0.3 is 15.2 Å². The van der Waals surface area contributed by atoms with E-state index in [0.29, 0.717) is 5.75 Å². The summed E-state index contributed by atoms with van der Waals surface area (Å²) >= 11 is 1.34. The Bertz CT molecular complexity index is 863. The zero-order chi connectivity index (χ0) is 19.3. The standard InChI is InChI=1S/C20H24N2O3S/c1-13-9-16(25-19(26-5)18(24)22-20(2,3)4)11-15-10-14(7-6-8-23)12-21-17(13)15/h9-12,19,23H,8H2,1-5H3,(H,22,24). The van der Waals surface area contributed by atoms with Crippen molar-refractivity contribution in [3.05, 3.63) is 35.5 Å². The predicted octanol–water partition coefficient (Wildman–Crippen LogP) is 2.87. The first-order valence-corrected chi connectivity index (χ1v) is 9.54. The highest BCUT2D eigenvalue weighted by Gasteiger charge is 2.24. The number of pyridine rings is 1. The van der Waals surface area contributed by atoms with Crippen molar-refractivity contribution < 1.29 is 14.6 Å². The predicted molar refractivity (Wildman–Crippen MR) is 106 cm³/mol. The van der Waals surface area contributed by atoms with Gasteiger partial charge in [0.05, 0.1) is 5.52 Å². The second-order valence-corrected chi connectivity index (χ2v) is 7.82. The van der Waals surface area contributed by atoms with Gasteiger partial charge in [0.2, 0.25) is 5.44 Å². The number of nitrogens with one attached hydrogen (secondary N) is 1. The largest absolute Gasteiger partial charge is 0.470 e. The topological polar surface area (TPSA) is 71.5 Å². The zero-order valence-corrected chi connectivity index (χ0v) is 16.5. The molecule has 0 aliphatic carbocycles. The van der Waals surface area contributed by atoms with Crippen LogP contribution in [0.4, 0.5) is 0 Å². The minimum atomic E-state index is -0.642. The molecule has 0 saturated carbocycles. The number of carbonyl (C=O) groups is 1. The van der Waals surface area contributed by atoms with Gasteiger partial charge in [0.15, 0.2) is 0 Å². The third kappa shape index (κ3) is 5.38. The van der Waals surface area contributed by atoms with Crippen LogP contribution < -0.4 is 10.1 Å². The molecule has 1 amide bonds. The number of aliphatic hydroxyl groups excluding tert-OH is 1. The maximum atomic E-state index is 12.4. The molecule has 0 fully saturated rings. The number of benzene rings is 1. The lowest BCUT2D eigenvalue weighted by atomic mass is 10.1. The van der Waals surface area contributed by atoms with E-state index in [4.69, 9.17) is 9.84 Å². The number of rotatable bonds is 4. The van der Waals surface area contributed by atoms with E-state index in [0.717, 1.165) is 22.0 Å². The van der Waals surface area contributed by atoms with E-state index in [1.54, 1.807) is 6.20 Å². The molecule has 2 rings (SSSR count). The van der Waals surface area contributed by atoms with Crippen molar-refractivity contribution in [2.45, 2.75) is 38.7 Å². The summed E-state index contributed by atoms with van der Waals surface area (Å²) in [5, 5.41) is 12.6. The molecule has 1 heterocycles. The van der Waals surface area contributed by atoms with E-state index in [2.05, 4.69) is 22.1 Å². The Hall–Kier alpha value is -2.23. The number of aromatic nitrogens is 1. The highest BCUT2D eigenvalue weighted by molar-refractivity contribution is 7.99. The monoisotopic (exact) mass is 372 g/mol. The van der Waals surface area contributed by atoms with Gasteiger partial charge in [-0.2, -0.15) is 0 Å². The Labute approximate surface area is 158 Å². The Morgan fingerprint density at radius 1 is 1.38 bits per heavy atom. The van der Waals surface area contributed by atoms with Gasteiger partial charge in [-0.05, 0) is 57.7 Å². The Balaban J connectivity index is 2.32. The molecule has 0 aliphatic heterocycles. The van der Waals surface area contributed by atoms with Crippen molar-refractivity contribution in [3.8, 4) is 17.6 Å². The number of ether oxygens (including phenoxy) is 1. The van der Waals surface area contributed by atoms with Crippen LogP contribution in [-0.2, 0) is 4.79 Å². The SMILES string of the molecule is CSC(Oc1cc(C)c2ncc(C#CCO)cc2c1)C(=O)NC(C)(C)C. The third-order valence-electron chi connectivity index (χ3n) is 3.43. The van der Waals surface area contributed by atoms with Gasteiger partial charge in [-0.1, -0.05) is 11.8 Å². The number of thioether (sulfide) groups is 1. The number of carbonyl (C=O) groups excluding carboxylic acids is 1. The molecular formula is C20H24N2O3S. The van der Waals surface area contributed by atoms with Crippen molar-refractivity contribution in [2.24, 2.45) is 0 Å². The number of hydrogen-bond acceptors (Lipinski definition) is 5. The average molecular weight is 372 g/mol. The second kappa shape index (κ2) is 8.43. The molecule has 2 N–H and O–H groups in total. The number of hydrogen-bond donors (Lipinski definition) is 2. The summed E-state index contributed by atoms with van der Waals surface area (Å²) in [6.45, 7) is 7.55.